The molecule has 5 rings (SSSR count). The van der Waals surface area contributed by atoms with Crippen LogP contribution >= 0.6 is 0 Å². The molecule has 6 heteroatoms. The number of hydrogen-bond donors (Lipinski definition) is 0. The second-order valence-corrected chi connectivity index (χ2v) is 10.5. The SMILES string of the molecule is Cc1cc(-c2cn(-c3ccccc3)c(CC(=O)CC3CCC(CC4=CCC=C(F)C=N4)CC3)n2)ccc1F. The lowest BCUT2D eigenvalue weighted by atomic mass is 9.78. The summed E-state index contributed by atoms with van der Waals surface area (Å²) in [6.45, 7) is 1.74. The Morgan fingerprint density at radius 2 is 1.76 bits per heavy atom. The summed E-state index contributed by atoms with van der Waals surface area (Å²) in [6.07, 6.45) is 13.2. The van der Waals surface area contributed by atoms with E-state index in [-0.39, 0.29) is 23.8 Å². The lowest BCUT2D eigenvalue weighted by molar-refractivity contribution is -0.119. The Morgan fingerprint density at radius 1 is 1.00 bits per heavy atom. The number of imidazole rings is 1. The number of allylic oxidation sites excluding steroid dienone is 4. The molecule has 4 nitrogen and oxygen atoms in total. The Kier molecular flexibility index (Phi) is 8.06. The monoisotopic (exact) mass is 513 g/mol. The predicted octanol–water partition coefficient (Wildman–Crippen LogP) is 7.90. The van der Waals surface area contributed by atoms with Gasteiger partial charge in [0.25, 0.3) is 0 Å². The zero-order chi connectivity index (χ0) is 26.5. The van der Waals surface area contributed by atoms with Crippen LogP contribution in [0.2, 0.25) is 0 Å². The first-order valence-corrected chi connectivity index (χ1v) is 13.5. The van der Waals surface area contributed by atoms with E-state index < -0.39 is 0 Å². The maximum Gasteiger partial charge on any atom is 0.140 e. The fourth-order valence-corrected chi connectivity index (χ4v) is 5.50. The summed E-state index contributed by atoms with van der Waals surface area (Å²) < 4.78 is 29.2. The van der Waals surface area contributed by atoms with Gasteiger partial charge in [-0.1, -0.05) is 24.3 Å². The summed E-state index contributed by atoms with van der Waals surface area (Å²) >= 11 is 0. The van der Waals surface area contributed by atoms with Gasteiger partial charge in [-0.05, 0) is 99.3 Å². The third-order valence-electron chi connectivity index (χ3n) is 7.62. The van der Waals surface area contributed by atoms with Crippen LogP contribution in [0.4, 0.5) is 8.78 Å². The van der Waals surface area contributed by atoms with Gasteiger partial charge in [-0.3, -0.25) is 9.79 Å². The van der Waals surface area contributed by atoms with E-state index in [4.69, 9.17) is 4.98 Å². The number of Topliss-reactive ketones (excluding diaryl/α,β-unsaturated/α-hetero) is 1. The quantitative estimate of drug-likeness (QED) is 0.307. The van der Waals surface area contributed by atoms with E-state index in [1.807, 2.05) is 47.2 Å². The van der Waals surface area contributed by atoms with Gasteiger partial charge in [-0.2, -0.15) is 0 Å². The van der Waals surface area contributed by atoms with Crippen LogP contribution in [0.15, 0.2) is 83.4 Å². The van der Waals surface area contributed by atoms with Crippen molar-refractivity contribution in [3.8, 4) is 16.9 Å². The minimum Gasteiger partial charge on any atom is -0.303 e. The molecule has 0 atom stereocenters. The molecule has 3 aromatic rings. The molecule has 0 radical (unpaired) electrons. The van der Waals surface area contributed by atoms with Crippen LogP contribution in [0.3, 0.4) is 0 Å². The Labute approximate surface area is 222 Å². The minimum absolute atomic E-state index is 0.190. The van der Waals surface area contributed by atoms with E-state index in [1.54, 1.807) is 25.1 Å². The number of aliphatic imine (C=N–C) groups is 1. The Balaban J connectivity index is 1.23. The number of hydrogen-bond acceptors (Lipinski definition) is 3. The summed E-state index contributed by atoms with van der Waals surface area (Å²) in [5.74, 6) is 1.28. The fraction of sp³-hybridized carbons (Fsp3) is 0.344. The zero-order valence-corrected chi connectivity index (χ0v) is 21.7. The number of carbonyl (C=O) groups excluding carboxylic acids is 1. The Bertz CT molecular complexity index is 1380. The highest BCUT2D eigenvalue weighted by atomic mass is 19.1. The fourth-order valence-electron chi connectivity index (χ4n) is 5.50. The van der Waals surface area contributed by atoms with Crippen LogP contribution in [0.5, 0.6) is 0 Å². The van der Waals surface area contributed by atoms with Crippen LogP contribution in [0.1, 0.15) is 56.3 Å². The van der Waals surface area contributed by atoms with Gasteiger partial charge in [0.15, 0.2) is 0 Å². The smallest absolute Gasteiger partial charge is 0.140 e. The summed E-state index contributed by atoms with van der Waals surface area (Å²) in [4.78, 5) is 22.3. The van der Waals surface area contributed by atoms with Crippen molar-refractivity contribution in [1.29, 1.82) is 0 Å². The molecule has 2 aromatic carbocycles. The van der Waals surface area contributed by atoms with E-state index in [0.29, 0.717) is 36.1 Å². The van der Waals surface area contributed by atoms with Crippen molar-refractivity contribution in [1.82, 2.24) is 9.55 Å². The molecule has 38 heavy (non-hydrogen) atoms. The summed E-state index contributed by atoms with van der Waals surface area (Å²) in [7, 11) is 0. The number of ketones is 1. The van der Waals surface area contributed by atoms with Crippen molar-refractivity contribution < 1.29 is 13.6 Å². The highest BCUT2D eigenvalue weighted by Gasteiger charge is 2.25. The van der Waals surface area contributed by atoms with Crippen LogP contribution in [0.25, 0.3) is 16.9 Å². The van der Waals surface area contributed by atoms with Crippen LogP contribution in [-0.4, -0.2) is 21.5 Å². The number of nitrogens with zero attached hydrogens (tertiary/aromatic N) is 3. The number of rotatable bonds is 8. The molecule has 1 aliphatic heterocycles. The zero-order valence-electron chi connectivity index (χ0n) is 21.7. The van der Waals surface area contributed by atoms with Gasteiger partial charge in [0.2, 0.25) is 0 Å². The molecule has 0 spiro atoms. The summed E-state index contributed by atoms with van der Waals surface area (Å²) in [5, 5.41) is 0. The van der Waals surface area contributed by atoms with Crippen molar-refractivity contribution in [2.24, 2.45) is 16.8 Å². The molecule has 2 heterocycles. The predicted molar refractivity (Wildman–Crippen MR) is 147 cm³/mol. The van der Waals surface area contributed by atoms with Crippen molar-refractivity contribution in [2.75, 3.05) is 0 Å². The first-order valence-electron chi connectivity index (χ1n) is 13.5. The van der Waals surface area contributed by atoms with Gasteiger partial charge >= 0.3 is 0 Å². The minimum atomic E-state index is -0.272. The van der Waals surface area contributed by atoms with Gasteiger partial charge in [-0.15, -0.1) is 0 Å². The molecule has 2 aliphatic rings. The van der Waals surface area contributed by atoms with Gasteiger partial charge in [-0.25, -0.2) is 13.8 Å². The number of aromatic nitrogens is 2. The Morgan fingerprint density at radius 3 is 2.53 bits per heavy atom. The third-order valence-corrected chi connectivity index (χ3v) is 7.62. The normalized spacial score (nSPS) is 19.6. The molecule has 0 bridgehead atoms. The number of halogens is 2. The number of carbonyl (C=O) groups is 1. The molecular weight excluding hydrogens is 480 g/mol. The molecule has 0 unspecified atom stereocenters. The number of aryl methyl sites for hydroxylation is 1. The van der Waals surface area contributed by atoms with Gasteiger partial charge in [0.05, 0.1) is 18.3 Å². The second kappa shape index (κ2) is 11.8. The molecule has 196 valence electrons. The Hall–Kier alpha value is -3.67. The number of para-hydroxylation sites is 1. The molecule has 0 saturated heterocycles. The molecule has 0 N–H and O–H groups in total. The molecule has 1 saturated carbocycles. The summed E-state index contributed by atoms with van der Waals surface area (Å²) in [5.41, 5.74) is 4.03. The lowest BCUT2D eigenvalue weighted by Gasteiger charge is -2.28. The number of benzene rings is 2. The second-order valence-electron chi connectivity index (χ2n) is 10.5. The molecule has 1 aromatic heterocycles. The largest absolute Gasteiger partial charge is 0.303 e. The van der Waals surface area contributed by atoms with Gasteiger partial charge in [0, 0.05) is 29.6 Å². The van der Waals surface area contributed by atoms with Crippen molar-refractivity contribution in [2.45, 2.75) is 58.3 Å². The van der Waals surface area contributed by atoms with Crippen molar-refractivity contribution >= 4 is 12.0 Å². The average molecular weight is 514 g/mol. The maximum absolute atomic E-state index is 13.8. The van der Waals surface area contributed by atoms with E-state index in [0.717, 1.165) is 54.7 Å². The van der Waals surface area contributed by atoms with E-state index >= 15 is 0 Å². The topological polar surface area (TPSA) is 47.2 Å². The standard InChI is InChI=1S/C32H33F2N3O/c1-22-16-25(14-15-30(22)34)31-21-37(28-8-3-2-4-9-28)32(36-31)19-29(38)18-24-12-10-23(11-13-24)17-27-7-5-6-26(33)20-35-27/h2-4,6-9,14-16,20-21,23-24H,5,10-13,17-19H2,1H3. The van der Waals surface area contributed by atoms with E-state index in [9.17, 15) is 13.6 Å². The highest BCUT2D eigenvalue weighted by molar-refractivity contribution is 5.81. The highest BCUT2D eigenvalue weighted by Crippen LogP contribution is 2.35. The third kappa shape index (κ3) is 6.42. The molecule has 1 aliphatic carbocycles. The lowest BCUT2D eigenvalue weighted by Crippen LogP contribution is -2.19. The van der Waals surface area contributed by atoms with E-state index in [1.165, 1.54) is 12.3 Å². The van der Waals surface area contributed by atoms with E-state index in [2.05, 4.69) is 4.99 Å². The first-order chi connectivity index (χ1) is 18.4. The van der Waals surface area contributed by atoms with Gasteiger partial charge in [0.1, 0.15) is 23.3 Å². The van der Waals surface area contributed by atoms with Crippen LogP contribution in [-0.2, 0) is 11.2 Å². The van der Waals surface area contributed by atoms with Crippen LogP contribution < -0.4 is 0 Å². The molecule has 0 amide bonds. The molecular formula is C32H33F2N3O. The van der Waals surface area contributed by atoms with Crippen molar-refractivity contribution in [3.05, 3.63) is 95.6 Å². The van der Waals surface area contributed by atoms with Gasteiger partial charge < -0.3 is 4.57 Å². The summed E-state index contributed by atoms with van der Waals surface area (Å²) in [6, 6.07) is 14.9. The average Bonchev–Trinajstić information content (AvgIpc) is 3.22. The molecule has 1 fully saturated rings. The maximum atomic E-state index is 13.8. The van der Waals surface area contributed by atoms with Crippen LogP contribution in [0, 0.1) is 24.6 Å². The first kappa shape index (κ1) is 26.0. The van der Waals surface area contributed by atoms with Crippen molar-refractivity contribution in [3.63, 3.8) is 0 Å².